The van der Waals surface area contributed by atoms with Gasteiger partial charge in [0.15, 0.2) is 0 Å². The predicted molar refractivity (Wildman–Crippen MR) is 66.0 cm³/mol. The summed E-state index contributed by atoms with van der Waals surface area (Å²) in [7, 11) is 0. The predicted octanol–water partition coefficient (Wildman–Crippen LogP) is 4.04. The van der Waals surface area contributed by atoms with Gasteiger partial charge in [-0.2, -0.15) is 0 Å². The van der Waals surface area contributed by atoms with Gasteiger partial charge in [-0.15, -0.1) is 0 Å². The van der Waals surface area contributed by atoms with Crippen LogP contribution in [0.15, 0.2) is 36.4 Å². The van der Waals surface area contributed by atoms with Crippen LogP contribution < -0.4 is 5.73 Å². The lowest BCUT2D eigenvalue weighted by molar-refractivity contribution is 0.631. The quantitative estimate of drug-likeness (QED) is 0.742. The SMILES string of the molecule is Cc1ccc(F)c(-c2ccc(N)cc2Cl)c1. The maximum atomic E-state index is 13.6. The third-order valence-electron chi connectivity index (χ3n) is 2.41. The Bertz CT molecular complexity index is 537. The first-order valence-electron chi connectivity index (χ1n) is 4.89. The Morgan fingerprint density at radius 1 is 1.06 bits per heavy atom. The Morgan fingerprint density at radius 2 is 1.81 bits per heavy atom. The molecule has 0 saturated carbocycles. The third kappa shape index (κ3) is 2.02. The van der Waals surface area contributed by atoms with E-state index in [0.29, 0.717) is 21.8 Å². The van der Waals surface area contributed by atoms with E-state index in [0.717, 1.165) is 5.56 Å². The van der Waals surface area contributed by atoms with E-state index in [1.54, 1.807) is 30.3 Å². The van der Waals surface area contributed by atoms with Crippen molar-refractivity contribution in [2.45, 2.75) is 6.92 Å². The van der Waals surface area contributed by atoms with Crippen LogP contribution in [0.2, 0.25) is 5.02 Å². The van der Waals surface area contributed by atoms with Crippen molar-refractivity contribution in [3.05, 3.63) is 52.8 Å². The smallest absolute Gasteiger partial charge is 0.131 e. The molecular formula is C13H11ClFN. The average molecular weight is 236 g/mol. The Hall–Kier alpha value is -1.54. The largest absolute Gasteiger partial charge is 0.399 e. The summed E-state index contributed by atoms with van der Waals surface area (Å²) in [6, 6.07) is 10.0. The number of nitrogen functional groups attached to an aromatic ring is 1. The summed E-state index contributed by atoms with van der Waals surface area (Å²) in [6.07, 6.45) is 0. The third-order valence-corrected chi connectivity index (χ3v) is 2.72. The summed E-state index contributed by atoms with van der Waals surface area (Å²) >= 11 is 6.04. The average Bonchev–Trinajstić information content (AvgIpc) is 2.22. The highest BCUT2D eigenvalue weighted by molar-refractivity contribution is 6.33. The van der Waals surface area contributed by atoms with Crippen molar-refractivity contribution in [1.29, 1.82) is 0 Å². The van der Waals surface area contributed by atoms with E-state index < -0.39 is 0 Å². The lowest BCUT2D eigenvalue weighted by Gasteiger charge is -2.07. The second-order valence-corrected chi connectivity index (χ2v) is 4.13. The Kier molecular flexibility index (Phi) is 2.84. The molecule has 2 aromatic rings. The van der Waals surface area contributed by atoms with Crippen LogP contribution >= 0.6 is 11.6 Å². The van der Waals surface area contributed by atoms with Crippen molar-refractivity contribution in [2.24, 2.45) is 0 Å². The van der Waals surface area contributed by atoms with Crippen LogP contribution in [0.1, 0.15) is 5.56 Å². The number of hydrogen-bond acceptors (Lipinski definition) is 1. The topological polar surface area (TPSA) is 26.0 Å². The number of hydrogen-bond donors (Lipinski definition) is 1. The molecule has 0 saturated heterocycles. The molecule has 0 heterocycles. The molecule has 1 nitrogen and oxygen atoms in total. The maximum Gasteiger partial charge on any atom is 0.131 e. The summed E-state index contributed by atoms with van der Waals surface area (Å²) in [5.74, 6) is -0.280. The Morgan fingerprint density at radius 3 is 2.50 bits per heavy atom. The van der Waals surface area contributed by atoms with Crippen molar-refractivity contribution in [1.82, 2.24) is 0 Å². The van der Waals surface area contributed by atoms with E-state index >= 15 is 0 Å². The van der Waals surface area contributed by atoms with Gasteiger partial charge in [-0.1, -0.05) is 29.3 Å². The van der Waals surface area contributed by atoms with Crippen molar-refractivity contribution in [2.75, 3.05) is 5.73 Å². The molecule has 3 heteroatoms. The minimum atomic E-state index is -0.280. The summed E-state index contributed by atoms with van der Waals surface area (Å²) in [4.78, 5) is 0. The molecule has 16 heavy (non-hydrogen) atoms. The highest BCUT2D eigenvalue weighted by Crippen LogP contribution is 2.31. The van der Waals surface area contributed by atoms with Crippen LogP contribution in [0.3, 0.4) is 0 Å². The summed E-state index contributed by atoms with van der Waals surface area (Å²) in [5.41, 5.74) is 8.33. The van der Waals surface area contributed by atoms with E-state index in [1.165, 1.54) is 6.07 Å². The lowest BCUT2D eigenvalue weighted by atomic mass is 10.0. The molecular weight excluding hydrogens is 225 g/mol. The van der Waals surface area contributed by atoms with Crippen LogP contribution in [0.5, 0.6) is 0 Å². The fourth-order valence-corrected chi connectivity index (χ4v) is 1.89. The van der Waals surface area contributed by atoms with Gasteiger partial charge in [0, 0.05) is 16.8 Å². The van der Waals surface area contributed by atoms with Gasteiger partial charge in [-0.3, -0.25) is 0 Å². The van der Waals surface area contributed by atoms with Crippen LogP contribution in [0.4, 0.5) is 10.1 Å². The van der Waals surface area contributed by atoms with Crippen molar-refractivity contribution < 1.29 is 4.39 Å². The molecule has 0 aromatic heterocycles. The number of nitrogens with two attached hydrogens (primary N) is 1. The van der Waals surface area contributed by atoms with E-state index in [2.05, 4.69) is 0 Å². The van der Waals surface area contributed by atoms with E-state index in [4.69, 9.17) is 17.3 Å². The monoisotopic (exact) mass is 235 g/mol. The lowest BCUT2D eigenvalue weighted by Crippen LogP contribution is -1.89. The molecule has 0 unspecified atom stereocenters. The molecule has 0 aliphatic rings. The zero-order chi connectivity index (χ0) is 11.7. The second kappa shape index (κ2) is 4.14. The first-order valence-corrected chi connectivity index (χ1v) is 5.27. The second-order valence-electron chi connectivity index (χ2n) is 3.72. The van der Waals surface area contributed by atoms with Gasteiger partial charge in [-0.25, -0.2) is 4.39 Å². The fraction of sp³-hybridized carbons (Fsp3) is 0.0769. The molecule has 0 aliphatic heterocycles. The van der Waals surface area contributed by atoms with Gasteiger partial charge in [0.25, 0.3) is 0 Å². The molecule has 0 spiro atoms. The number of halogens is 2. The van der Waals surface area contributed by atoms with E-state index in [9.17, 15) is 4.39 Å². The Labute approximate surface area is 98.7 Å². The number of aryl methyl sites for hydroxylation is 1. The highest BCUT2D eigenvalue weighted by atomic mass is 35.5. The first-order chi connectivity index (χ1) is 7.58. The normalized spacial score (nSPS) is 10.4. The van der Waals surface area contributed by atoms with Gasteiger partial charge in [0.1, 0.15) is 5.82 Å². The fourth-order valence-electron chi connectivity index (χ4n) is 1.60. The molecule has 0 atom stereocenters. The molecule has 0 radical (unpaired) electrons. The molecule has 0 fully saturated rings. The van der Waals surface area contributed by atoms with E-state index in [1.807, 2.05) is 6.92 Å². The summed E-state index contributed by atoms with van der Waals surface area (Å²) in [6.45, 7) is 1.91. The first kappa shape index (κ1) is 11.0. The van der Waals surface area contributed by atoms with Crippen LogP contribution in [0.25, 0.3) is 11.1 Å². The molecule has 2 N–H and O–H groups in total. The Balaban J connectivity index is 2.62. The standard InChI is InChI=1S/C13H11ClFN/c1-8-2-5-13(15)11(6-8)10-4-3-9(16)7-12(10)14/h2-7H,16H2,1H3. The number of anilines is 1. The van der Waals surface area contributed by atoms with Crippen LogP contribution in [0, 0.1) is 12.7 Å². The zero-order valence-electron chi connectivity index (χ0n) is 8.80. The van der Waals surface area contributed by atoms with Gasteiger partial charge in [0.2, 0.25) is 0 Å². The molecule has 0 bridgehead atoms. The van der Waals surface area contributed by atoms with Crippen molar-refractivity contribution >= 4 is 17.3 Å². The van der Waals surface area contributed by atoms with Crippen molar-refractivity contribution in [3.8, 4) is 11.1 Å². The van der Waals surface area contributed by atoms with Gasteiger partial charge in [0.05, 0.1) is 5.02 Å². The van der Waals surface area contributed by atoms with Crippen molar-refractivity contribution in [3.63, 3.8) is 0 Å². The summed E-state index contributed by atoms with van der Waals surface area (Å²) in [5, 5.41) is 0.463. The number of benzene rings is 2. The highest BCUT2D eigenvalue weighted by Gasteiger charge is 2.09. The molecule has 82 valence electrons. The zero-order valence-corrected chi connectivity index (χ0v) is 9.55. The van der Waals surface area contributed by atoms with Gasteiger partial charge < -0.3 is 5.73 Å². The molecule has 0 amide bonds. The van der Waals surface area contributed by atoms with Gasteiger partial charge in [-0.05, 0) is 31.2 Å². The van der Waals surface area contributed by atoms with E-state index in [-0.39, 0.29) is 5.82 Å². The van der Waals surface area contributed by atoms with Crippen LogP contribution in [-0.2, 0) is 0 Å². The molecule has 2 aromatic carbocycles. The minimum Gasteiger partial charge on any atom is -0.399 e. The van der Waals surface area contributed by atoms with Gasteiger partial charge >= 0.3 is 0 Å². The summed E-state index contributed by atoms with van der Waals surface area (Å²) < 4.78 is 13.6. The minimum absolute atomic E-state index is 0.280. The number of rotatable bonds is 1. The maximum absolute atomic E-state index is 13.6. The van der Waals surface area contributed by atoms with Crippen LogP contribution in [-0.4, -0.2) is 0 Å². The molecule has 0 aliphatic carbocycles. The molecule has 2 rings (SSSR count).